The highest BCUT2D eigenvalue weighted by atomic mass is 19.4. The summed E-state index contributed by atoms with van der Waals surface area (Å²) in [7, 11) is 1.39. The van der Waals surface area contributed by atoms with E-state index < -0.39 is 22.5 Å². The Hall–Kier alpha value is -1.94. The second kappa shape index (κ2) is 7.18. The molecule has 10 heteroatoms. The van der Waals surface area contributed by atoms with Gasteiger partial charge in [0.15, 0.2) is 0 Å². The number of ether oxygens (including phenoxy) is 1. The Bertz CT molecular complexity index is 496. The molecule has 0 aliphatic carbocycles. The third-order valence-electron chi connectivity index (χ3n) is 2.62. The van der Waals surface area contributed by atoms with E-state index in [1.165, 1.54) is 12.0 Å². The highest BCUT2D eigenvalue weighted by Gasteiger charge is 2.35. The summed E-state index contributed by atoms with van der Waals surface area (Å²) in [6, 6.07) is 0.601. The van der Waals surface area contributed by atoms with E-state index in [1.807, 2.05) is 0 Å². The number of hydrogen-bond donors (Lipinski definition) is 1. The van der Waals surface area contributed by atoms with Gasteiger partial charge in [0.25, 0.3) is 0 Å². The molecule has 0 bridgehead atoms. The maximum atomic E-state index is 12.7. The van der Waals surface area contributed by atoms with Crippen molar-refractivity contribution in [2.75, 3.05) is 38.3 Å². The smallest absolute Gasteiger partial charge is 0.395 e. The Morgan fingerprint density at radius 1 is 1.48 bits per heavy atom. The summed E-state index contributed by atoms with van der Waals surface area (Å²) in [6.07, 6.45) is -4.15. The first-order chi connectivity index (χ1) is 9.81. The third kappa shape index (κ3) is 4.53. The SMILES string of the molecule is COCCN(CCO)c1cc(C(F)(F)F)ncc1[N+](=O)[O-]. The van der Waals surface area contributed by atoms with Crippen LogP contribution in [-0.4, -0.2) is 48.4 Å². The molecule has 1 aromatic heterocycles. The zero-order chi connectivity index (χ0) is 16.0. The molecular formula is C11H14F3N3O4. The monoisotopic (exact) mass is 309 g/mol. The molecule has 0 saturated heterocycles. The fraction of sp³-hybridized carbons (Fsp3) is 0.545. The van der Waals surface area contributed by atoms with E-state index in [1.54, 1.807) is 0 Å². The molecule has 0 atom stereocenters. The summed E-state index contributed by atoms with van der Waals surface area (Å²) in [5, 5.41) is 19.9. The topological polar surface area (TPSA) is 88.7 Å². The first-order valence-corrected chi connectivity index (χ1v) is 5.87. The molecule has 0 spiro atoms. The van der Waals surface area contributed by atoms with Gasteiger partial charge in [-0.05, 0) is 6.07 Å². The number of pyridine rings is 1. The molecule has 7 nitrogen and oxygen atoms in total. The van der Waals surface area contributed by atoms with Crippen LogP contribution in [0.5, 0.6) is 0 Å². The fourth-order valence-corrected chi connectivity index (χ4v) is 1.66. The lowest BCUT2D eigenvalue weighted by molar-refractivity contribution is -0.384. The second-order valence-corrected chi connectivity index (χ2v) is 4.02. The van der Waals surface area contributed by atoms with Crippen molar-refractivity contribution in [2.24, 2.45) is 0 Å². The lowest BCUT2D eigenvalue weighted by Crippen LogP contribution is -2.31. The Kier molecular flexibility index (Phi) is 5.85. The molecule has 0 amide bonds. The molecule has 0 aliphatic heterocycles. The van der Waals surface area contributed by atoms with Gasteiger partial charge in [-0.2, -0.15) is 13.2 Å². The molecule has 1 heterocycles. The van der Waals surface area contributed by atoms with Gasteiger partial charge in [-0.1, -0.05) is 0 Å². The molecule has 21 heavy (non-hydrogen) atoms. The van der Waals surface area contributed by atoms with Crippen molar-refractivity contribution in [3.8, 4) is 0 Å². The molecule has 0 aliphatic rings. The number of aliphatic hydroxyl groups excluding tert-OH is 1. The summed E-state index contributed by atoms with van der Waals surface area (Å²) in [6.45, 7) is -0.198. The van der Waals surface area contributed by atoms with E-state index in [2.05, 4.69) is 4.98 Å². The van der Waals surface area contributed by atoms with Crippen molar-refractivity contribution in [1.29, 1.82) is 0 Å². The maximum Gasteiger partial charge on any atom is 0.433 e. The van der Waals surface area contributed by atoms with Crippen LogP contribution in [0.3, 0.4) is 0 Å². The quantitative estimate of drug-likeness (QED) is 0.606. The minimum Gasteiger partial charge on any atom is -0.395 e. The molecular weight excluding hydrogens is 295 g/mol. The Morgan fingerprint density at radius 2 is 2.14 bits per heavy atom. The number of nitro groups is 1. The average molecular weight is 309 g/mol. The highest BCUT2D eigenvalue weighted by molar-refractivity contribution is 5.63. The fourth-order valence-electron chi connectivity index (χ4n) is 1.66. The first-order valence-electron chi connectivity index (χ1n) is 5.87. The van der Waals surface area contributed by atoms with Crippen molar-refractivity contribution in [3.63, 3.8) is 0 Å². The molecule has 0 radical (unpaired) electrons. The average Bonchev–Trinajstić information content (AvgIpc) is 2.41. The second-order valence-electron chi connectivity index (χ2n) is 4.02. The third-order valence-corrected chi connectivity index (χ3v) is 2.62. The van der Waals surface area contributed by atoms with Crippen molar-refractivity contribution in [2.45, 2.75) is 6.18 Å². The summed E-state index contributed by atoms with van der Waals surface area (Å²) >= 11 is 0. The van der Waals surface area contributed by atoms with Gasteiger partial charge in [-0.3, -0.25) is 10.1 Å². The Morgan fingerprint density at radius 3 is 2.62 bits per heavy atom. The largest absolute Gasteiger partial charge is 0.433 e. The van der Waals surface area contributed by atoms with E-state index in [9.17, 15) is 23.3 Å². The lowest BCUT2D eigenvalue weighted by atomic mass is 10.2. The van der Waals surface area contributed by atoms with Crippen LogP contribution in [0.25, 0.3) is 0 Å². The molecule has 0 unspecified atom stereocenters. The van der Waals surface area contributed by atoms with E-state index >= 15 is 0 Å². The lowest BCUT2D eigenvalue weighted by Gasteiger charge is -2.23. The normalized spacial score (nSPS) is 11.5. The molecule has 118 valence electrons. The molecule has 1 aromatic rings. The predicted octanol–water partition coefficient (Wildman–Crippen LogP) is 1.45. The van der Waals surface area contributed by atoms with Crippen LogP contribution >= 0.6 is 0 Å². The van der Waals surface area contributed by atoms with Gasteiger partial charge in [-0.15, -0.1) is 0 Å². The summed E-state index contributed by atoms with van der Waals surface area (Å²) in [5.74, 6) is 0. The minimum absolute atomic E-state index is 0.0640. The van der Waals surface area contributed by atoms with E-state index in [-0.39, 0.29) is 32.0 Å². The van der Waals surface area contributed by atoms with Gasteiger partial charge in [0.1, 0.15) is 17.6 Å². The van der Waals surface area contributed by atoms with Crippen LogP contribution in [0.4, 0.5) is 24.5 Å². The van der Waals surface area contributed by atoms with Gasteiger partial charge >= 0.3 is 11.9 Å². The number of aliphatic hydroxyl groups is 1. The van der Waals surface area contributed by atoms with Crippen LogP contribution in [0.1, 0.15) is 5.69 Å². The summed E-state index contributed by atoms with van der Waals surface area (Å²) in [4.78, 5) is 14.4. The van der Waals surface area contributed by atoms with Gasteiger partial charge in [0.2, 0.25) is 0 Å². The van der Waals surface area contributed by atoms with Crippen LogP contribution in [0.2, 0.25) is 0 Å². The molecule has 1 N–H and O–H groups in total. The zero-order valence-corrected chi connectivity index (χ0v) is 11.1. The zero-order valence-electron chi connectivity index (χ0n) is 11.1. The number of alkyl halides is 3. The van der Waals surface area contributed by atoms with Crippen molar-refractivity contribution < 1.29 is 27.9 Å². The molecule has 1 rings (SSSR count). The Labute approximate surface area is 118 Å². The highest BCUT2D eigenvalue weighted by Crippen LogP contribution is 2.34. The first kappa shape index (κ1) is 17.1. The van der Waals surface area contributed by atoms with E-state index in [0.717, 1.165) is 0 Å². The molecule has 0 fully saturated rings. The number of nitrogens with zero attached hydrogens (tertiary/aromatic N) is 3. The van der Waals surface area contributed by atoms with Gasteiger partial charge in [0.05, 0.1) is 18.1 Å². The predicted molar refractivity (Wildman–Crippen MR) is 67.1 cm³/mol. The van der Waals surface area contributed by atoms with Gasteiger partial charge in [0, 0.05) is 20.2 Å². The number of rotatable bonds is 7. The molecule has 0 aromatic carbocycles. The van der Waals surface area contributed by atoms with Crippen LogP contribution in [0.15, 0.2) is 12.3 Å². The number of methoxy groups -OCH3 is 1. The Balaban J connectivity index is 3.28. The summed E-state index contributed by atoms with van der Waals surface area (Å²) < 4.78 is 42.8. The minimum atomic E-state index is -4.71. The van der Waals surface area contributed by atoms with Crippen LogP contribution in [0, 0.1) is 10.1 Å². The van der Waals surface area contributed by atoms with E-state index in [4.69, 9.17) is 9.84 Å². The number of anilines is 1. The van der Waals surface area contributed by atoms with Crippen LogP contribution in [-0.2, 0) is 10.9 Å². The maximum absolute atomic E-state index is 12.7. The van der Waals surface area contributed by atoms with Crippen molar-refractivity contribution >= 4 is 11.4 Å². The molecule has 0 saturated carbocycles. The van der Waals surface area contributed by atoms with Crippen molar-refractivity contribution in [3.05, 3.63) is 28.1 Å². The standard InChI is InChI=1S/C11H14F3N3O4/c1-21-5-3-16(2-4-18)8-6-10(11(12,13)14)15-7-9(8)17(19)20/h6-7,18H,2-5H2,1H3. The van der Waals surface area contributed by atoms with E-state index in [0.29, 0.717) is 12.3 Å². The number of hydrogen-bond acceptors (Lipinski definition) is 6. The van der Waals surface area contributed by atoms with Gasteiger partial charge < -0.3 is 14.7 Å². The summed E-state index contributed by atoms with van der Waals surface area (Å²) in [5.41, 5.74) is -2.05. The number of halogens is 3. The number of aromatic nitrogens is 1. The van der Waals surface area contributed by atoms with Gasteiger partial charge in [-0.25, -0.2) is 4.98 Å². The van der Waals surface area contributed by atoms with Crippen LogP contribution < -0.4 is 4.90 Å². The van der Waals surface area contributed by atoms with Crippen molar-refractivity contribution in [1.82, 2.24) is 4.98 Å².